The van der Waals surface area contributed by atoms with E-state index >= 15 is 0 Å². The lowest BCUT2D eigenvalue weighted by Crippen LogP contribution is -2.39. The van der Waals surface area contributed by atoms with E-state index < -0.39 is 12.0 Å². The van der Waals surface area contributed by atoms with Gasteiger partial charge in [0.15, 0.2) is 4.80 Å². The maximum atomic E-state index is 13.6. The molecule has 2 aromatic heterocycles. The van der Waals surface area contributed by atoms with Crippen LogP contribution in [0.5, 0.6) is 0 Å². The van der Waals surface area contributed by atoms with Gasteiger partial charge >= 0.3 is 5.97 Å². The van der Waals surface area contributed by atoms with E-state index in [0.29, 0.717) is 27.1 Å². The van der Waals surface area contributed by atoms with E-state index in [1.165, 1.54) is 18.4 Å². The zero-order valence-electron chi connectivity index (χ0n) is 20.1. The molecular weight excluding hydrogens is 450 g/mol. The zero-order chi connectivity index (χ0) is 24.4. The SMILES string of the molecule is CCN(CC)c1ccc(C2C(C(=O)OC)=C(C)N=c3s/c(=C\c4ccnn4CC)c(=O)n32)cc1. The standard InChI is InChI=1S/C25H29N5O3S/c1-6-28(7-2)18-11-9-17(10-12-18)22-21(24(32)33-5)16(4)27-25-30(22)23(31)20(34-25)15-19-13-14-26-29(19)8-3/h9-15,22H,6-8H2,1-5H3/b20-15-. The molecule has 0 saturated carbocycles. The third kappa shape index (κ3) is 4.11. The summed E-state index contributed by atoms with van der Waals surface area (Å²) < 4.78 is 9.06. The number of anilines is 1. The largest absolute Gasteiger partial charge is 0.466 e. The van der Waals surface area contributed by atoms with Crippen LogP contribution < -0.4 is 19.8 Å². The summed E-state index contributed by atoms with van der Waals surface area (Å²) in [6.07, 6.45) is 3.55. The predicted octanol–water partition coefficient (Wildman–Crippen LogP) is 2.47. The molecule has 3 heterocycles. The molecule has 1 aliphatic heterocycles. The number of thiazole rings is 1. The second kappa shape index (κ2) is 9.80. The van der Waals surface area contributed by atoms with E-state index in [2.05, 4.69) is 28.8 Å². The van der Waals surface area contributed by atoms with E-state index in [4.69, 9.17) is 4.74 Å². The summed E-state index contributed by atoms with van der Waals surface area (Å²) in [6.45, 7) is 10.5. The van der Waals surface area contributed by atoms with Gasteiger partial charge in [-0.15, -0.1) is 0 Å². The lowest BCUT2D eigenvalue weighted by atomic mass is 9.95. The number of rotatable bonds is 7. The molecule has 0 bridgehead atoms. The van der Waals surface area contributed by atoms with Gasteiger partial charge in [0.2, 0.25) is 0 Å². The number of nitrogens with zero attached hydrogens (tertiary/aromatic N) is 5. The summed E-state index contributed by atoms with van der Waals surface area (Å²) >= 11 is 1.31. The normalized spacial score (nSPS) is 15.8. The second-order valence-electron chi connectivity index (χ2n) is 7.91. The molecule has 0 spiro atoms. The number of hydrogen-bond acceptors (Lipinski definition) is 7. The Morgan fingerprint density at radius 3 is 2.50 bits per heavy atom. The first-order chi connectivity index (χ1) is 16.4. The third-order valence-corrected chi connectivity index (χ3v) is 7.08. The van der Waals surface area contributed by atoms with Gasteiger partial charge in [0.05, 0.1) is 34.6 Å². The second-order valence-corrected chi connectivity index (χ2v) is 8.92. The van der Waals surface area contributed by atoms with Crippen LogP contribution in [0.15, 0.2) is 57.6 Å². The molecular formula is C25H29N5O3S. The molecule has 0 fully saturated rings. The molecule has 1 aliphatic rings. The summed E-state index contributed by atoms with van der Waals surface area (Å²) in [5.74, 6) is -0.489. The lowest BCUT2D eigenvalue weighted by molar-refractivity contribution is -0.136. The average molecular weight is 480 g/mol. The average Bonchev–Trinajstić information content (AvgIpc) is 3.42. The predicted molar refractivity (Wildman–Crippen MR) is 134 cm³/mol. The molecule has 9 heteroatoms. The number of fused-ring (bicyclic) bond motifs is 1. The molecule has 0 N–H and O–H groups in total. The maximum absolute atomic E-state index is 13.6. The minimum atomic E-state index is -0.618. The highest BCUT2D eigenvalue weighted by molar-refractivity contribution is 7.07. The summed E-state index contributed by atoms with van der Waals surface area (Å²) in [5, 5.41) is 4.28. The summed E-state index contributed by atoms with van der Waals surface area (Å²) in [7, 11) is 1.35. The van der Waals surface area contributed by atoms with E-state index in [-0.39, 0.29) is 5.56 Å². The van der Waals surface area contributed by atoms with Crippen molar-refractivity contribution in [3.05, 3.63) is 78.7 Å². The highest BCUT2D eigenvalue weighted by atomic mass is 32.1. The summed E-state index contributed by atoms with van der Waals surface area (Å²) in [5.41, 5.74) is 3.49. The van der Waals surface area contributed by atoms with Crippen molar-refractivity contribution < 1.29 is 9.53 Å². The molecule has 0 saturated heterocycles. The minimum absolute atomic E-state index is 0.195. The van der Waals surface area contributed by atoms with E-state index in [1.54, 1.807) is 17.7 Å². The molecule has 0 aliphatic carbocycles. The van der Waals surface area contributed by atoms with E-state index in [9.17, 15) is 9.59 Å². The molecule has 34 heavy (non-hydrogen) atoms. The van der Waals surface area contributed by atoms with Crippen molar-refractivity contribution >= 4 is 29.1 Å². The van der Waals surface area contributed by atoms with Crippen LogP contribution in [0.2, 0.25) is 0 Å². The quantitative estimate of drug-likeness (QED) is 0.487. The number of allylic oxidation sites excluding steroid dienone is 1. The first kappa shape index (κ1) is 23.7. The Morgan fingerprint density at radius 1 is 1.18 bits per heavy atom. The maximum Gasteiger partial charge on any atom is 0.338 e. The number of carbonyl (C=O) groups is 1. The van der Waals surface area contributed by atoms with Gasteiger partial charge in [-0.05, 0) is 57.5 Å². The number of ether oxygens (including phenoxy) is 1. The number of aryl methyl sites for hydroxylation is 1. The highest BCUT2D eigenvalue weighted by Gasteiger charge is 2.33. The number of methoxy groups -OCH3 is 1. The van der Waals surface area contributed by atoms with Gasteiger partial charge in [-0.2, -0.15) is 5.10 Å². The molecule has 178 valence electrons. The summed E-state index contributed by atoms with van der Waals surface area (Å²) in [4.78, 5) is 33.8. The molecule has 4 rings (SSSR count). The Kier molecular flexibility index (Phi) is 6.83. The van der Waals surface area contributed by atoms with Gasteiger partial charge in [0.25, 0.3) is 5.56 Å². The van der Waals surface area contributed by atoms with Crippen molar-refractivity contribution in [2.75, 3.05) is 25.1 Å². The Hall–Kier alpha value is -3.46. The van der Waals surface area contributed by atoms with Crippen LogP contribution in [0.4, 0.5) is 5.69 Å². The Balaban J connectivity index is 1.91. The molecule has 1 aromatic carbocycles. The molecule has 3 aromatic rings. The van der Waals surface area contributed by atoms with E-state index in [1.807, 2.05) is 48.0 Å². The van der Waals surface area contributed by atoms with Crippen LogP contribution >= 0.6 is 11.3 Å². The number of benzene rings is 1. The molecule has 0 radical (unpaired) electrons. The van der Waals surface area contributed by atoms with Crippen LogP contribution in [0.1, 0.15) is 45.0 Å². The Morgan fingerprint density at radius 2 is 1.88 bits per heavy atom. The number of aromatic nitrogens is 3. The van der Waals surface area contributed by atoms with Gasteiger partial charge in [-0.25, -0.2) is 9.79 Å². The lowest BCUT2D eigenvalue weighted by Gasteiger charge is -2.26. The van der Waals surface area contributed by atoms with E-state index in [0.717, 1.165) is 30.0 Å². The third-order valence-electron chi connectivity index (χ3n) is 6.09. The fourth-order valence-electron chi connectivity index (χ4n) is 4.33. The summed E-state index contributed by atoms with van der Waals surface area (Å²) in [6, 6.07) is 9.26. The zero-order valence-corrected chi connectivity index (χ0v) is 20.9. The number of hydrogen-bond donors (Lipinski definition) is 0. The topological polar surface area (TPSA) is 81.7 Å². The number of carbonyl (C=O) groups excluding carboxylic acids is 1. The molecule has 8 nitrogen and oxygen atoms in total. The smallest absolute Gasteiger partial charge is 0.338 e. The van der Waals surface area contributed by atoms with Crippen molar-refractivity contribution in [2.45, 2.75) is 40.3 Å². The van der Waals surface area contributed by atoms with Crippen molar-refractivity contribution in [1.82, 2.24) is 14.3 Å². The van der Waals surface area contributed by atoms with Crippen LogP contribution in [0, 0.1) is 0 Å². The van der Waals surface area contributed by atoms with Gasteiger partial charge in [0, 0.05) is 31.5 Å². The Labute approximate surface area is 202 Å². The van der Waals surface area contributed by atoms with Crippen molar-refractivity contribution in [2.24, 2.45) is 4.99 Å². The molecule has 0 amide bonds. The minimum Gasteiger partial charge on any atom is -0.466 e. The van der Waals surface area contributed by atoms with Crippen LogP contribution in [0.25, 0.3) is 6.08 Å². The highest BCUT2D eigenvalue weighted by Crippen LogP contribution is 2.31. The van der Waals surface area contributed by atoms with Gasteiger partial charge in [-0.3, -0.25) is 14.0 Å². The van der Waals surface area contributed by atoms with Gasteiger partial charge in [0.1, 0.15) is 0 Å². The number of esters is 1. The van der Waals surface area contributed by atoms with Crippen LogP contribution in [-0.2, 0) is 16.1 Å². The first-order valence-corrected chi connectivity index (χ1v) is 12.2. The van der Waals surface area contributed by atoms with Crippen molar-refractivity contribution in [1.29, 1.82) is 0 Å². The van der Waals surface area contributed by atoms with Crippen molar-refractivity contribution in [3.8, 4) is 0 Å². The van der Waals surface area contributed by atoms with Gasteiger partial charge in [-0.1, -0.05) is 23.5 Å². The fourth-order valence-corrected chi connectivity index (χ4v) is 5.36. The fraction of sp³-hybridized carbons (Fsp3) is 0.360. The van der Waals surface area contributed by atoms with Gasteiger partial charge < -0.3 is 9.64 Å². The Bertz CT molecular complexity index is 1410. The van der Waals surface area contributed by atoms with Crippen LogP contribution in [0.3, 0.4) is 0 Å². The molecule has 1 unspecified atom stereocenters. The van der Waals surface area contributed by atoms with Crippen LogP contribution in [-0.4, -0.2) is 40.5 Å². The molecule has 1 atom stereocenters. The van der Waals surface area contributed by atoms with Crippen molar-refractivity contribution in [3.63, 3.8) is 0 Å². The first-order valence-electron chi connectivity index (χ1n) is 11.4. The monoisotopic (exact) mass is 479 g/mol.